The second-order valence-electron chi connectivity index (χ2n) is 9.64. The van der Waals surface area contributed by atoms with Crippen LogP contribution in [0.4, 0.5) is 11.4 Å². The first-order chi connectivity index (χ1) is 19.5. The van der Waals surface area contributed by atoms with Gasteiger partial charge in [-0.1, -0.05) is 71.6 Å². The van der Waals surface area contributed by atoms with E-state index in [4.69, 9.17) is 4.42 Å². The van der Waals surface area contributed by atoms with Crippen molar-refractivity contribution in [1.82, 2.24) is 4.57 Å². The third-order valence-electron chi connectivity index (χ3n) is 7.25. The Bertz CT molecular complexity index is 1840. The number of thiazole rings is 1. The standard InChI is InChI=1S/C30H21N3O5S2/c34-22(31-19-13-12-17-7-4-5-8-18(17)15-19)16-32-29-26(40-30(32)37)23(21-11-6-14-38-21)24-25(39-29)28(36)33(27(24)35)20-9-2-1-3-10-20/h1-15,23-25H,16H2,(H,31,34)/t23-,24?,25?/m1/s1. The monoisotopic (exact) mass is 567 g/mol. The van der Waals surface area contributed by atoms with E-state index in [1.807, 2.05) is 48.5 Å². The summed E-state index contributed by atoms with van der Waals surface area (Å²) in [5, 5.41) is 4.68. The number of anilines is 2. The number of carbonyl (C=O) groups excluding carboxylic acids is 3. The minimum Gasteiger partial charge on any atom is -0.469 e. The molecule has 1 N–H and O–H groups in total. The van der Waals surface area contributed by atoms with Gasteiger partial charge in [0.25, 0.3) is 0 Å². The van der Waals surface area contributed by atoms with Crippen molar-refractivity contribution in [2.24, 2.45) is 5.92 Å². The van der Waals surface area contributed by atoms with E-state index in [0.29, 0.717) is 27.0 Å². The quantitative estimate of drug-likeness (QED) is 0.297. The van der Waals surface area contributed by atoms with Crippen LogP contribution in [0.2, 0.25) is 0 Å². The van der Waals surface area contributed by atoms with Gasteiger partial charge in [-0.3, -0.25) is 23.7 Å². The van der Waals surface area contributed by atoms with E-state index in [1.165, 1.54) is 27.5 Å². The van der Waals surface area contributed by atoms with E-state index < -0.39 is 17.1 Å². The van der Waals surface area contributed by atoms with E-state index >= 15 is 0 Å². The van der Waals surface area contributed by atoms with Gasteiger partial charge in [-0.05, 0) is 47.2 Å². The lowest BCUT2D eigenvalue weighted by molar-refractivity contribution is -0.122. The largest absolute Gasteiger partial charge is 0.469 e. The Morgan fingerprint density at radius 3 is 2.42 bits per heavy atom. The van der Waals surface area contributed by atoms with Gasteiger partial charge in [0.2, 0.25) is 17.7 Å². The summed E-state index contributed by atoms with van der Waals surface area (Å²) in [6, 6.07) is 25.8. The molecule has 0 bridgehead atoms. The predicted octanol–water partition coefficient (Wildman–Crippen LogP) is 5.09. The maximum absolute atomic E-state index is 13.7. The number of benzene rings is 3. The first-order valence-electron chi connectivity index (χ1n) is 12.6. The first kappa shape index (κ1) is 24.6. The number of thioether (sulfide) groups is 1. The Balaban J connectivity index is 1.24. The molecule has 3 atom stereocenters. The van der Waals surface area contributed by atoms with Crippen LogP contribution in [0.25, 0.3) is 10.8 Å². The average Bonchev–Trinajstić information content (AvgIpc) is 3.66. The van der Waals surface area contributed by atoms with E-state index in [0.717, 1.165) is 22.1 Å². The summed E-state index contributed by atoms with van der Waals surface area (Å²) in [6.45, 7) is -0.225. The number of rotatable bonds is 5. The lowest BCUT2D eigenvalue weighted by Crippen LogP contribution is -2.32. The van der Waals surface area contributed by atoms with E-state index in [9.17, 15) is 19.2 Å². The van der Waals surface area contributed by atoms with Crippen LogP contribution in [0, 0.1) is 5.92 Å². The Kier molecular flexibility index (Phi) is 5.94. The van der Waals surface area contributed by atoms with Gasteiger partial charge in [0.05, 0.1) is 33.7 Å². The highest BCUT2D eigenvalue weighted by atomic mass is 32.2. The fourth-order valence-corrected chi connectivity index (χ4v) is 8.23. The molecule has 0 saturated carbocycles. The highest BCUT2D eigenvalue weighted by Crippen LogP contribution is 2.53. The van der Waals surface area contributed by atoms with Gasteiger partial charge < -0.3 is 9.73 Å². The molecule has 3 aromatic carbocycles. The van der Waals surface area contributed by atoms with Crippen LogP contribution < -0.4 is 15.1 Å². The molecule has 2 aliphatic heterocycles. The van der Waals surface area contributed by atoms with E-state index in [-0.39, 0.29) is 29.1 Å². The number of hydrogen-bond acceptors (Lipinski definition) is 7. The summed E-state index contributed by atoms with van der Waals surface area (Å²) in [5.74, 6) is -1.91. The second kappa shape index (κ2) is 9.65. The number of nitrogens with zero attached hydrogens (tertiary/aromatic N) is 2. The van der Waals surface area contributed by atoms with Crippen LogP contribution in [-0.4, -0.2) is 27.5 Å². The van der Waals surface area contributed by atoms with Crippen molar-refractivity contribution in [1.29, 1.82) is 0 Å². The molecule has 198 valence electrons. The van der Waals surface area contributed by atoms with Crippen molar-refractivity contribution in [2.75, 3.05) is 10.2 Å². The van der Waals surface area contributed by atoms with Crippen molar-refractivity contribution in [3.05, 3.63) is 111 Å². The summed E-state index contributed by atoms with van der Waals surface area (Å²) in [6.07, 6.45) is 1.51. The Labute approximate surface area is 236 Å². The predicted molar refractivity (Wildman–Crippen MR) is 154 cm³/mol. The number of imide groups is 1. The van der Waals surface area contributed by atoms with Gasteiger partial charge in [-0.15, -0.1) is 0 Å². The molecule has 5 aromatic rings. The first-order valence-corrected chi connectivity index (χ1v) is 14.3. The lowest BCUT2D eigenvalue weighted by atomic mass is 9.87. The smallest absolute Gasteiger partial charge is 0.308 e. The van der Waals surface area contributed by atoms with Gasteiger partial charge in [0.1, 0.15) is 17.6 Å². The van der Waals surface area contributed by atoms with Crippen molar-refractivity contribution < 1.29 is 18.8 Å². The number of nitrogens with one attached hydrogen (secondary N) is 1. The summed E-state index contributed by atoms with van der Waals surface area (Å²) < 4.78 is 7.13. The van der Waals surface area contributed by atoms with Gasteiger partial charge in [-0.25, -0.2) is 4.90 Å². The van der Waals surface area contributed by atoms with E-state index in [1.54, 1.807) is 36.4 Å². The number of aromatic nitrogens is 1. The normalized spacial score (nSPS) is 20.0. The minimum absolute atomic E-state index is 0.225. The SMILES string of the molecule is O=C(Cn1c2c(sc1=O)[C@H](c1ccco1)C1C(=O)N(c3ccccc3)C(=O)C1S2)Nc1ccc2ccccc2c1. The van der Waals surface area contributed by atoms with E-state index in [2.05, 4.69) is 5.32 Å². The Morgan fingerprint density at radius 1 is 0.875 bits per heavy atom. The minimum atomic E-state index is -0.765. The second-order valence-corrected chi connectivity index (χ2v) is 11.8. The topological polar surface area (TPSA) is 102 Å². The molecule has 2 aliphatic rings. The fraction of sp³-hybridized carbons (Fsp3) is 0.133. The van der Waals surface area contributed by atoms with Gasteiger partial charge >= 0.3 is 4.87 Å². The molecule has 0 aliphatic carbocycles. The van der Waals surface area contributed by atoms with Gasteiger partial charge in [0, 0.05) is 5.69 Å². The fourth-order valence-electron chi connectivity index (χ4n) is 5.47. The zero-order valence-corrected chi connectivity index (χ0v) is 22.5. The summed E-state index contributed by atoms with van der Waals surface area (Å²) in [4.78, 5) is 55.3. The van der Waals surface area contributed by atoms with Crippen LogP contribution in [0.1, 0.15) is 16.6 Å². The molecule has 0 radical (unpaired) electrons. The van der Waals surface area contributed by atoms with Crippen LogP contribution in [-0.2, 0) is 20.9 Å². The summed E-state index contributed by atoms with van der Waals surface area (Å²) in [5.41, 5.74) is 1.12. The molecule has 1 fully saturated rings. The molecular formula is C30H21N3O5S2. The maximum atomic E-state index is 13.7. The number of para-hydroxylation sites is 1. The van der Waals surface area contributed by atoms with Gasteiger partial charge in [0.15, 0.2) is 0 Å². The average molecular weight is 568 g/mol. The molecular weight excluding hydrogens is 546 g/mol. The van der Waals surface area contributed by atoms with Crippen molar-refractivity contribution in [2.45, 2.75) is 22.7 Å². The van der Waals surface area contributed by atoms with Gasteiger partial charge in [-0.2, -0.15) is 0 Å². The highest BCUT2D eigenvalue weighted by molar-refractivity contribution is 8.00. The molecule has 8 nitrogen and oxygen atoms in total. The third kappa shape index (κ3) is 3.99. The molecule has 10 heteroatoms. The molecule has 2 unspecified atom stereocenters. The Hall–Kier alpha value is -4.41. The molecule has 0 spiro atoms. The molecule has 40 heavy (non-hydrogen) atoms. The highest BCUT2D eigenvalue weighted by Gasteiger charge is 2.57. The summed E-state index contributed by atoms with van der Waals surface area (Å²) >= 11 is 2.16. The van der Waals surface area contributed by atoms with Crippen LogP contribution in [0.3, 0.4) is 0 Å². The summed E-state index contributed by atoms with van der Waals surface area (Å²) in [7, 11) is 0. The third-order valence-corrected chi connectivity index (χ3v) is 9.85. The van der Waals surface area contributed by atoms with Crippen LogP contribution in [0.5, 0.6) is 0 Å². The maximum Gasteiger partial charge on any atom is 0.308 e. The number of amides is 3. The molecule has 7 rings (SSSR count). The van der Waals surface area contributed by atoms with Crippen LogP contribution in [0.15, 0.2) is 105 Å². The van der Waals surface area contributed by atoms with Crippen LogP contribution >= 0.6 is 23.1 Å². The number of furan rings is 1. The lowest BCUT2D eigenvalue weighted by Gasteiger charge is -2.29. The Morgan fingerprint density at radius 2 is 1.65 bits per heavy atom. The van der Waals surface area contributed by atoms with Crippen molar-refractivity contribution in [3.8, 4) is 0 Å². The van der Waals surface area contributed by atoms with Crippen molar-refractivity contribution in [3.63, 3.8) is 0 Å². The zero-order valence-electron chi connectivity index (χ0n) is 20.9. The molecule has 2 aromatic heterocycles. The number of carbonyl (C=O) groups is 3. The molecule has 1 saturated heterocycles. The number of hydrogen-bond donors (Lipinski definition) is 1. The van der Waals surface area contributed by atoms with Crippen molar-refractivity contribution >= 4 is 63.0 Å². The molecule has 4 heterocycles. The molecule has 3 amide bonds. The zero-order chi connectivity index (χ0) is 27.4. The number of fused-ring (bicyclic) bond motifs is 3.